The van der Waals surface area contributed by atoms with Gasteiger partial charge in [0, 0.05) is 10.7 Å². The highest BCUT2D eigenvalue weighted by atomic mass is 35.5. The number of amides is 1. The second-order valence-electron chi connectivity index (χ2n) is 5.29. The number of anilines is 1. The molecule has 1 aromatic carbocycles. The molecule has 1 amide bonds. The number of carbonyl (C=O) groups excluding carboxylic acids is 1. The molecule has 2 aromatic heterocycles. The van der Waals surface area contributed by atoms with Gasteiger partial charge in [-0.15, -0.1) is 0 Å². The summed E-state index contributed by atoms with van der Waals surface area (Å²) in [7, 11) is 0. The summed E-state index contributed by atoms with van der Waals surface area (Å²) in [5.74, 6) is 0.455. The van der Waals surface area contributed by atoms with E-state index in [0.29, 0.717) is 27.3 Å². The predicted molar refractivity (Wildman–Crippen MR) is 93.9 cm³/mol. The molecule has 0 radical (unpaired) electrons. The molecular weight excluding hydrogens is 351 g/mol. The Kier molecular flexibility index (Phi) is 4.59. The van der Waals surface area contributed by atoms with Crippen LogP contribution in [0.3, 0.4) is 0 Å². The van der Waals surface area contributed by atoms with Gasteiger partial charge in [-0.05, 0) is 43.7 Å². The van der Waals surface area contributed by atoms with Gasteiger partial charge in [0.05, 0.1) is 10.4 Å². The number of benzene rings is 1. The Labute approximate surface area is 148 Å². The van der Waals surface area contributed by atoms with Gasteiger partial charge in [-0.25, -0.2) is 4.98 Å². The molecular formula is C16H14Cl2N4O2. The number of hydrogen-bond acceptors (Lipinski definition) is 4. The zero-order valence-corrected chi connectivity index (χ0v) is 14.5. The Morgan fingerprint density at radius 3 is 2.83 bits per heavy atom. The van der Waals surface area contributed by atoms with Crippen LogP contribution in [0.2, 0.25) is 10.0 Å². The van der Waals surface area contributed by atoms with Crippen molar-refractivity contribution < 1.29 is 9.53 Å². The lowest BCUT2D eigenvalue weighted by molar-refractivity contribution is -0.118. The van der Waals surface area contributed by atoms with Crippen LogP contribution in [0.1, 0.15) is 11.3 Å². The SMILES string of the molecule is Cc1cc(C)c2c(NC(=O)COc3ccc(Cl)cc3Cl)n[nH]c2n1. The molecule has 2 heterocycles. The van der Waals surface area contributed by atoms with Crippen LogP contribution in [0.5, 0.6) is 5.75 Å². The monoisotopic (exact) mass is 364 g/mol. The molecule has 8 heteroatoms. The molecule has 3 rings (SSSR count). The third kappa shape index (κ3) is 3.44. The summed E-state index contributed by atoms with van der Waals surface area (Å²) in [6, 6.07) is 6.73. The number of aromatic nitrogens is 3. The smallest absolute Gasteiger partial charge is 0.263 e. The molecule has 0 saturated carbocycles. The summed E-state index contributed by atoms with van der Waals surface area (Å²) in [6.45, 7) is 3.63. The predicted octanol–water partition coefficient (Wildman–Crippen LogP) is 3.90. The van der Waals surface area contributed by atoms with Gasteiger partial charge in [0.2, 0.25) is 0 Å². The number of ether oxygens (including phenoxy) is 1. The van der Waals surface area contributed by atoms with Crippen LogP contribution >= 0.6 is 23.2 Å². The van der Waals surface area contributed by atoms with Crippen LogP contribution in [0.25, 0.3) is 11.0 Å². The normalized spacial score (nSPS) is 10.8. The number of nitrogens with zero attached hydrogens (tertiary/aromatic N) is 2. The summed E-state index contributed by atoms with van der Waals surface area (Å²) in [6.07, 6.45) is 0. The van der Waals surface area contributed by atoms with Crippen molar-refractivity contribution in [2.45, 2.75) is 13.8 Å². The quantitative estimate of drug-likeness (QED) is 0.735. The first-order valence-corrected chi connectivity index (χ1v) is 7.89. The highest BCUT2D eigenvalue weighted by Crippen LogP contribution is 2.27. The molecule has 6 nitrogen and oxygen atoms in total. The minimum absolute atomic E-state index is 0.200. The zero-order valence-electron chi connectivity index (χ0n) is 13.0. The fourth-order valence-corrected chi connectivity index (χ4v) is 2.84. The maximum absolute atomic E-state index is 12.1. The minimum atomic E-state index is -0.352. The summed E-state index contributed by atoms with van der Waals surface area (Å²) in [4.78, 5) is 16.5. The number of H-pyrrole nitrogens is 1. The van der Waals surface area contributed by atoms with Crippen molar-refractivity contribution in [2.24, 2.45) is 0 Å². The van der Waals surface area contributed by atoms with Crippen molar-refractivity contribution >= 4 is 46.0 Å². The van der Waals surface area contributed by atoms with E-state index in [4.69, 9.17) is 27.9 Å². The molecule has 24 heavy (non-hydrogen) atoms. The van der Waals surface area contributed by atoms with Crippen molar-refractivity contribution in [2.75, 3.05) is 11.9 Å². The van der Waals surface area contributed by atoms with E-state index >= 15 is 0 Å². The van der Waals surface area contributed by atoms with E-state index in [1.54, 1.807) is 18.2 Å². The van der Waals surface area contributed by atoms with Gasteiger partial charge < -0.3 is 10.1 Å². The summed E-state index contributed by atoms with van der Waals surface area (Å²) < 4.78 is 5.41. The van der Waals surface area contributed by atoms with Gasteiger partial charge in [-0.3, -0.25) is 9.89 Å². The average molecular weight is 365 g/mol. The van der Waals surface area contributed by atoms with E-state index in [-0.39, 0.29) is 12.5 Å². The largest absolute Gasteiger partial charge is 0.482 e. The van der Waals surface area contributed by atoms with Crippen molar-refractivity contribution in [1.82, 2.24) is 15.2 Å². The lowest BCUT2D eigenvalue weighted by Crippen LogP contribution is -2.20. The third-order valence-electron chi connectivity index (χ3n) is 3.37. The topological polar surface area (TPSA) is 79.9 Å². The fraction of sp³-hybridized carbons (Fsp3) is 0.188. The van der Waals surface area contributed by atoms with E-state index in [2.05, 4.69) is 20.5 Å². The Hall–Kier alpha value is -2.31. The second-order valence-corrected chi connectivity index (χ2v) is 6.13. The molecule has 0 aliphatic heterocycles. The van der Waals surface area contributed by atoms with Crippen LogP contribution in [0.15, 0.2) is 24.3 Å². The van der Waals surface area contributed by atoms with E-state index in [1.807, 2.05) is 19.9 Å². The van der Waals surface area contributed by atoms with Crippen LogP contribution in [0.4, 0.5) is 5.82 Å². The van der Waals surface area contributed by atoms with Crippen molar-refractivity contribution in [3.8, 4) is 5.75 Å². The first kappa shape index (κ1) is 16.5. The first-order chi connectivity index (χ1) is 11.4. The average Bonchev–Trinajstić information content (AvgIpc) is 2.89. The Morgan fingerprint density at radius 1 is 1.29 bits per heavy atom. The second kappa shape index (κ2) is 6.67. The van der Waals surface area contributed by atoms with Crippen LogP contribution < -0.4 is 10.1 Å². The van der Waals surface area contributed by atoms with Crippen LogP contribution in [0, 0.1) is 13.8 Å². The van der Waals surface area contributed by atoms with Gasteiger partial charge in [-0.1, -0.05) is 23.2 Å². The van der Waals surface area contributed by atoms with Gasteiger partial charge in [0.25, 0.3) is 5.91 Å². The summed E-state index contributed by atoms with van der Waals surface area (Å²) in [5, 5.41) is 11.2. The number of pyridine rings is 1. The van der Waals surface area contributed by atoms with Crippen LogP contribution in [-0.4, -0.2) is 27.7 Å². The van der Waals surface area contributed by atoms with Gasteiger partial charge >= 0.3 is 0 Å². The Bertz CT molecular complexity index is 924. The van der Waals surface area contributed by atoms with E-state index in [1.165, 1.54) is 0 Å². The number of aromatic amines is 1. The maximum Gasteiger partial charge on any atom is 0.263 e. The van der Waals surface area contributed by atoms with Gasteiger partial charge in [-0.2, -0.15) is 5.10 Å². The number of rotatable bonds is 4. The molecule has 0 aliphatic carbocycles. The third-order valence-corrected chi connectivity index (χ3v) is 3.90. The van der Waals surface area contributed by atoms with Gasteiger partial charge in [0.1, 0.15) is 5.75 Å². The number of carbonyl (C=O) groups is 1. The molecule has 0 spiro atoms. The fourth-order valence-electron chi connectivity index (χ4n) is 2.38. The van der Waals surface area contributed by atoms with Crippen molar-refractivity contribution in [3.63, 3.8) is 0 Å². The lowest BCUT2D eigenvalue weighted by Gasteiger charge is -2.08. The molecule has 3 aromatic rings. The van der Waals surface area contributed by atoms with Gasteiger partial charge in [0.15, 0.2) is 18.1 Å². The van der Waals surface area contributed by atoms with E-state index in [0.717, 1.165) is 16.6 Å². The zero-order chi connectivity index (χ0) is 17.3. The first-order valence-electron chi connectivity index (χ1n) is 7.14. The number of halogens is 2. The standard InChI is InChI=1S/C16H14Cl2N4O2/c1-8-5-9(2)19-15-14(8)16(22-21-15)20-13(23)7-24-12-4-3-10(17)6-11(12)18/h3-6H,7H2,1-2H3,(H2,19,20,21,22,23). The molecule has 0 aliphatic rings. The highest BCUT2D eigenvalue weighted by Gasteiger charge is 2.14. The molecule has 0 fully saturated rings. The number of hydrogen-bond donors (Lipinski definition) is 2. The molecule has 0 saturated heterocycles. The van der Waals surface area contributed by atoms with E-state index in [9.17, 15) is 4.79 Å². The lowest BCUT2D eigenvalue weighted by atomic mass is 10.2. The molecule has 2 N–H and O–H groups in total. The molecule has 0 atom stereocenters. The number of aryl methyl sites for hydroxylation is 2. The van der Waals surface area contributed by atoms with E-state index < -0.39 is 0 Å². The minimum Gasteiger partial charge on any atom is -0.482 e. The molecule has 0 bridgehead atoms. The Morgan fingerprint density at radius 2 is 2.08 bits per heavy atom. The highest BCUT2D eigenvalue weighted by molar-refractivity contribution is 6.35. The Balaban J connectivity index is 1.71. The summed E-state index contributed by atoms with van der Waals surface area (Å²) in [5.41, 5.74) is 2.48. The van der Waals surface area contributed by atoms with Crippen LogP contribution in [-0.2, 0) is 4.79 Å². The van der Waals surface area contributed by atoms with Crippen molar-refractivity contribution in [3.05, 3.63) is 45.6 Å². The summed E-state index contributed by atoms with van der Waals surface area (Å²) >= 11 is 11.8. The van der Waals surface area contributed by atoms with Crippen molar-refractivity contribution in [1.29, 1.82) is 0 Å². The number of fused-ring (bicyclic) bond motifs is 1. The molecule has 0 unspecified atom stereocenters. The molecule has 124 valence electrons. The number of nitrogens with one attached hydrogen (secondary N) is 2. The maximum atomic E-state index is 12.1.